The van der Waals surface area contributed by atoms with Crippen LogP contribution in [0.25, 0.3) is 10.4 Å². The Labute approximate surface area is 151 Å². The smallest absolute Gasteiger partial charge is 0.169 e. The Morgan fingerprint density at radius 1 is 1.35 bits per heavy atom. The summed E-state index contributed by atoms with van der Waals surface area (Å²) in [5.41, 5.74) is 8.96. The fraction of sp³-hybridized carbons (Fsp3) is 0.765. The summed E-state index contributed by atoms with van der Waals surface area (Å²) >= 11 is 0. The summed E-state index contributed by atoms with van der Waals surface area (Å²) in [7, 11) is 0. The van der Waals surface area contributed by atoms with Gasteiger partial charge in [0.2, 0.25) is 0 Å². The van der Waals surface area contributed by atoms with E-state index in [0.717, 1.165) is 0 Å². The van der Waals surface area contributed by atoms with Crippen molar-refractivity contribution in [3.63, 3.8) is 0 Å². The van der Waals surface area contributed by atoms with E-state index in [4.69, 9.17) is 28.9 Å². The SMILES string of the molecule is CC(C)OC1OC(C[C@@H](O)c2ccco2)C2OC(C)(C)OC2C1N=[N+]=[N-]. The lowest BCUT2D eigenvalue weighted by molar-refractivity contribution is -0.255. The van der Waals surface area contributed by atoms with Crippen molar-refractivity contribution < 1.29 is 28.5 Å². The summed E-state index contributed by atoms with van der Waals surface area (Å²) in [6, 6.07) is 2.72. The zero-order valence-corrected chi connectivity index (χ0v) is 15.3. The predicted molar refractivity (Wildman–Crippen MR) is 89.9 cm³/mol. The molecule has 0 saturated carbocycles. The van der Waals surface area contributed by atoms with Crippen LogP contribution in [-0.2, 0) is 18.9 Å². The van der Waals surface area contributed by atoms with Crippen LogP contribution in [0.15, 0.2) is 27.9 Å². The Bertz CT molecular complexity index is 643. The van der Waals surface area contributed by atoms with Gasteiger partial charge in [-0.1, -0.05) is 5.11 Å². The molecule has 2 aliphatic heterocycles. The van der Waals surface area contributed by atoms with Crippen LogP contribution >= 0.6 is 0 Å². The highest BCUT2D eigenvalue weighted by Crippen LogP contribution is 2.41. The molecule has 1 aromatic rings. The number of nitrogens with zero attached hydrogens (tertiary/aromatic N) is 3. The molecule has 2 fully saturated rings. The van der Waals surface area contributed by atoms with E-state index in [9.17, 15) is 5.11 Å². The number of hydrogen-bond acceptors (Lipinski definition) is 7. The molecule has 3 heterocycles. The van der Waals surface area contributed by atoms with Crippen molar-refractivity contribution in [2.45, 2.75) is 82.8 Å². The summed E-state index contributed by atoms with van der Waals surface area (Å²) in [5.74, 6) is -0.412. The van der Waals surface area contributed by atoms with Gasteiger partial charge in [-0.3, -0.25) is 0 Å². The fourth-order valence-electron chi connectivity index (χ4n) is 3.42. The largest absolute Gasteiger partial charge is 0.467 e. The standard InChI is InChI=1S/C17H25N3O6/c1-9(2)23-16-13(19-20-18)15-14(25-17(3,4)26-15)12(24-16)8-10(21)11-6-5-7-22-11/h5-7,9-10,12-16,21H,8H2,1-4H3/t10-,12?,13?,14?,15?,16?/m1/s1. The summed E-state index contributed by atoms with van der Waals surface area (Å²) in [6.07, 6.45) is -1.62. The molecule has 0 aromatic carbocycles. The zero-order valence-electron chi connectivity index (χ0n) is 15.3. The molecule has 26 heavy (non-hydrogen) atoms. The summed E-state index contributed by atoms with van der Waals surface area (Å²) in [6.45, 7) is 7.31. The lowest BCUT2D eigenvalue weighted by Crippen LogP contribution is -2.56. The number of aliphatic hydroxyl groups excluding tert-OH is 1. The molecular weight excluding hydrogens is 342 g/mol. The van der Waals surface area contributed by atoms with E-state index in [0.29, 0.717) is 5.76 Å². The number of azide groups is 1. The highest BCUT2D eigenvalue weighted by molar-refractivity contribution is 5.05. The average molecular weight is 367 g/mol. The number of aliphatic hydroxyl groups is 1. The number of hydrogen-bond donors (Lipinski definition) is 1. The van der Waals surface area contributed by atoms with E-state index in [1.165, 1.54) is 6.26 Å². The van der Waals surface area contributed by atoms with Crippen molar-refractivity contribution in [2.24, 2.45) is 5.11 Å². The first-order valence-corrected chi connectivity index (χ1v) is 8.73. The maximum absolute atomic E-state index is 10.5. The zero-order chi connectivity index (χ0) is 18.9. The van der Waals surface area contributed by atoms with Crippen LogP contribution in [0.5, 0.6) is 0 Å². The summed E-state index contributed by atoms with van der Waals surface area (Å²) < 4.78 is 29.1. The lowest BCUT2D eigenvalue weighted by atomic mass is 9.93. The molecule has 1 aromatic heterocycles. The molecule has 2 aliphatic rings. The molecule has 2 saturated heterocycles. The van der Waals surface area contributed by atoms with Crippen molar-refractivity contribution in [3.8, 4) is 0 Å². The first-order chi connectivity index (χ1) is 12.3. The van der Waals surface area contributed by atoms with Gasteiger partial charge in [-0.15, -0.1) is 0 Å². The third-order valence-corrected chi connectivity index (χ3v) is 4.37. The minimum atomic E-state index is -0.862. The van der Waals surface area contributed by atoms with Crippen molar-refractivity contribution in [3.05, 3.63) is 34.6 Å². The molecule has 0 aliphatic carbocycles. The van der Waals surface area contributed by atoms with Crippen molar-refractivity contribution in [1.82, 2.24) is 0 Å². The van der Waals surface area contributed by atoms with E-state index in [1.54, 1.807) is 26.0 Å². The number of furan rings is 1. The van der Waals surface area contributed by atoms with Crippen molar-refractivity contribution >= 4 is 0 Å². The van der Waals surface area contributed by atoms with E-state index >= 15 is 0 Å². The molecule has 9 nitrogen and oxygen atoms in total. The molecule has 3 rings (SSSR count). The van der Waals surface area contributed by atoms with E-state index < -0.39 is 42.5 Å². The lowest BCUT2D eigenvalue weighted by Gasteiger charge is -2.41. The van der Waals surface area contributed by atoms with E-state index in [-0.39, 0.29) is 12.5 Å². The molecule has 6 atom stereocenters. The number of fused-ring (bicyclic) bond motifs is 1. The van der Waals surface area contributed by atoms with Gasteiger partial charge in [-0.05, 0) is 45.4 Å². The molecule has 0 bridgehead atoms. The van der Waals surface area contributed by atoms with Gasteiger partial charge in [0, 0.05) is 11.3 Å². The second kappa shape index (κ2) is 7.56. The average Bonchev–Trinajstić information content (AvgIpc) is 3.17. The van der Waals surface area contributed by atoms with Gasteiger partial charge in [-0.25, -0.2) is 0 Å². The van der Waals surface area contributed by atoms with Crippen LogP contribution in [0.4, 0.5) is 0 Å². The summed E-state index contributed by atoms with van der Waals surface area (Å²) in [4.78, 5) is 2.92. The topological polar surface area (TPSA) is 119 Å². The van der Waals surface area contributed by atoms with Crippen molar-refractivity contribution in [1.29, 1.82) is 0 Å². The molecule has 144 valence electrons. The Hall–Kier alpha value is -1.61. The van der Waals surface area contributed by atoms with Crippen LogP contribution in [0.3, 0.4) is 0 Å². The number of rotatable bonds is 6. The van der Waals surface area contributed by atoms with E-state index in [2.05, 4.69) is 10.0 Å². The summed E-state index contributed by atoms with van der Waals surface area (Å²) in [5, 5.41) is 14.3. The first kappa shape index (κ1) is 19.2. The highest BCUT2D eigenvalue weighted by atomic mass is 16.8. The molecular formula is C17H25N3O6. The third-order valence-electron chi connectivity index (χ3n) is 4.37. The maximum Gasteiger partial charge on any atom is 0.169 e. The Morgan fingerprint density at radius 3 is 2.69 bits per heavy atom. The normalized spacial score (nSPS) is 34.3. The minimum absolute atomic E-state index is 0.140. The maximum atomic E-state index is 10.5. The second-order valence-corrected chi connectivity index (χ2v) is 7.25. The third kappa shape index (κ3) is 4.03. The first-order valence-electron chi connectivity index (χ1n) is 8.73. The van der Waals surface area contributed by atoms with Crippen molar-refractivity contribution in [2.75, 3.05) is 0 Å². The Balaban J connectivity index is 1.85. The van der Waals surface area contributed by atoms with Gasteiger partial charge in [-0.2, -0.15) is 0 Å². The van der Waals surface area contributed by atoms with Crippen LogP contribution in [0.1, 0.15) is 46.0 Å². The minimum Gasteiger partial charge on any atom is -0.467 e. The molecule has 9 heteroatoms. The van der Waals surface area contributed by atoms with Gasteiger partial charge in [0.05, 0.1) is 18.5 Å². The second-order valence-electron chi connectivity index (χ2n) is 7.25. The Kier molecular flexibility index (Phi) is 5.57. The molecule has 5 unspecified atom stereocenters. The molecule has 0 amide bonds. The monoisotopic (exact) mass is 367 g/mol. The molecule has 0 spiro atoms. The van der Waals surface area contributed by atoms with Gasteiger partial charge >= 0.3 is 0 Å². The molecule has 0 radical (unpaired) electrons. The van der Waals surface area contributed by atoms with Gasteiger partial charge in [0.1, 0.15) is 30.1 Å². The van der Waals surface area contributed by atoms with Gasteiger partial charge < -0.3 is 28.5 Å². The van der Waals surface area contributed by atoms with Crippen LogP contribution < -0.4 is 0 Å². The quantitative estimate of drug-likeness (QED) is 0.469. The molecule has 1 N–H and O–H groups in total. The van der Waals surface area contributed by atoms with Crippen LogP contribution in [0, 0.1) is 0 Å². The predicted octanol–water partition coefficient (Wildman–Crippen LogP) is 3.05. The van der Waals surface area contributed by atoms with E-state index in [1.807, 2.05) is 13.8 Å². The van der Waals surface area contributed by atoms with Gasteiger partial charge in [0.25, 0.3) is 0 Å². The number of ether oxygens (including phenoxy) is 4. The van der Waals surface area contributed by atoms with Crippen LogP contribution in [0.2, 0.25) is 0 Å². The fourth-order valence-corrected chi connectivity index (χ4v) is 3.42. The Morgan fingerprint density at radius 2 is 2.08 bits per heavy atom. The van der Waals surface area contributed by atoms with Gasteiger partial charge in [0.15, 0.2) is 12.1 Å². The van der Waals surface area contributed by atoms with Crippen LogP contribution in [-0.4, -0.2) is 47.6 Å². The highest BCUT2D eigenvalue weighted by Gasteiger charge is 2.55.